The second-order valence-corrected chi connectivity index (χ2v) is 5.43. The van der Waals surface area contributed by atoms with Crippen LogP contribution in [0.15, 0.2) is 30.3 Å². The second-order valence-electron chi connectivity index (χ2n) is 5.43. The molecule has 22 heavy (non-hydrogen) atoms. The molecule has 0 radical (unpaired) electrons. The number of aryl methyl sites for hydroxylation is 2. The lowest BCUT2D eigenvalue weighted by molar-refractivity contribution is 0.0736. The third-order valence-corrected chi connectivity index (χ3v) is 3.77. The number of carbonyl (C=O) groups is 1. The van der Waals surface area contributed by atoms with Crippen molar-refractivity contribution < 1.29 is 4.79 Å². The second kappa shape index (κ2) is 6.94. The van der Waals surface area contributed by atoms with Crippen LogP contribution in [0, 0.1) is 13.8 Å². The van der Waals surface area contributed by atoms with Crippen LogP contribution in [0.2, 0.25) is 0 Å². The first-order valence-corrected chi connectivity index (χ1v) is 7.29. The molecule has 118 valence electrons. The highest BCUT2D eigenvalue weighted by atomic mass is 35.5. The molecule has 1 aliphatic heterocycles. The molecule has 1 fully saturated rings. The van der Waals surface area contributed by atoms with E-state index in [0.29, 0.717) is 0 Å². The van der Waals surface area contributed by atoms with Crippen LogP contribution in [0.25, 0.3) is 5.69 Å². The van der Waals surface area contributed by atoms with Crippen LogP contribution in [-0.2, 0) is 0 Å². The highest BCUT2D eigenvalue weighted by Crippen LogP contribution is 2.14. The molecular weight excluding hydrogens is 300 g/mol. The quantitative estimate of drug-likeness (QED) is 0.920. The standard InChI is InChI=1S/C16H20N4O.ClH/c1-12-11-13(2)20(18-12)15-5-3-14(4-6-15)16(21)19-9-7-17-8-10-19;/h3-6,11,17H,7-10H2,1-2H3;1H. The Labute approximate surface area is 136 Å². The van der Waals surface area contributed by atoms with Gasteiger partial charge in [0.1, 0.15) is 0 Å². The Morgan fingerprint density at radius 1 is 1.14 bits per heavy atom. The topological polar surface area (TPSA) is 50.2 Å². The van der Waals surface area contributed by atoms with E-state index in [1.165, 1.54) is 0 Å². The van der Waals surface area contributed by atoms with Gasteiger partial charge in [-0.25, -0.2) is 4.68 Å². The summed E-state index contributed by atoms with van der Waals surface area (Å²) in [5.74, 6) is 0.108. The number of carbonyl (C=O) groups excluding carboxylic acids is 1. The van der Waals surface area contributed by atoms with Gasteiger partial charge in [0.25, 0.3) is 5.91 Å². The maximum atomic E-state index is 12.4. The summed E-state index contributed by atoms with van der Waals surface area (Å²) in [6.45, 7) is 7.30. The van der Waals surface area contributed by atoms with Crippen LogP contribution in [-0.4, -0.2) is 46.8 Å². The zero-order chi connectivity index (χ0) is 14.8. The Morgan fingerprint density at radius 2 is 1.77 bits per heavy atom. The van der Waals surface area contributed by atoms with Crippen molar-refractivity contribution in [3.05, 3.63) is 47.3 Å². The van der Waals surface area contributed by atoms with Crippen molar-refractivity contribution in [2.75, 3.05) is 26.2 Å². The van der Waals surface area contributed by atoms with E-state index in [-0.39, 0.29) is 18.3 Å². The minimum absolute atomic E-state index is 0. The predicted octanol–water partition coefficient (Wildman–Crippen LogP) is 1.96. The first-order valence-electron chi connectivity index (χ1n) is 7.29. The van der Waals surface area contributed by atoms with E-state index < -0.39 is 0 Å². The van der Waals surface area contributed by atoms with Gasteiger partial charge >= 0.3 is 0 Å². The third kappa shape index (κ3) is 3.31. The van der Waals surface area contributed by atoms with Crippen LogP contribution < -0.4 is 5.32 Å². The summed E-state index contributed by atoms with van der Waals surface area (Å²) in [5.41, 5.74) is 3.81. The van der Waals surface area contributed by atoms with Gasteiger partial charge in [-0.1, -0.05) is 0 Å². The van der Waals surface area contributed by atoms with Crippen LogP contribution in [0.3, 0.4) is 0 Å². The Morgan fingerprint density at radius 3 is 2.32 bits per heavy atom. The number of benzene rings is 1. The van der Waals surface area contributed by atoms with Gasteiger partial charge in [0.15, 0.2) is 0 Å². The third-order valence-electron chi connectivity index (χ3n) is 3.77. The van der Waals surface area contributed by atoms with Gasteiger partial charge < -0.3 is 10.2 Å². The van der Waals surface area contributed by atoms with Crippen molar-refractivity contribution in [2.45, 2.75) is 13.8 Å². The molecule has 2 heterocycles. The lowest BCUT2D eigenvalue weighted by Gasteiger charge is -2.27. The Hall–Kier alpha value is -1.85. The molecule has 0 bridgehead atoms. The highest BCUT2D eigenvalue weighted by molar-refractivity contribution is 5.94. The average molecular weight is 321 g/mol. The largest absolute Gasteiger partial charge is 0.336 e. The number of aromatic nitrogens is 2. The van der Waals surface area contributed by atoms with E-state index in [1.807, 2.05) is 53.8 Å². The number of nitrogens with zero attached hydrogens (tertiary/aromatic N) is 3. The number of hydrogen-bond acceptors (Lipinski definition) is 3. The van der Waals surface area contributed by atoms with E-state index in [9.17, 15) is 4.79 Å². The molecule has 1 aromatic heterocycles. The van der Waals surface area contributed by atoms with Crippen LogP contribution in [0.4, 0.5) is 0 Å². The maximum Gasteiger partial charge on any atom is 0.253 e. The van der Waals surface area contributed by atoms with Crippen LogP contribution in [0.1, 0.15) is 21.7 Å². The number of rotatable bonds is 2. The molecule has 3 rings (SSSR count). The Bertz CT molecular complexity index is 645. The van der Waals surface area contributed by atoms with Gasteiger partial charge in [-0.15, -0.1) is 12.4 Å². The van der Waals surface area contributed by atoms with Crippen molar-refractivity contribution in [1.82, 2.24) is 20.0 Å². The predicted molar refractivity (Wildman–Crippen MR) is 89.1 cm³/mol. The summed E-state index contributed by atoms with van der Waals surface area (Å²) in [7, 11) is 0. The minimum Gasteiger partial charge on any atom is -0.336 e. The van der Waals surface area contributed by atoms with Gasteiger partial charge in [-0.3, -0.25) is 4.79 Å². The molecule has 0 unspecified atom stereocenters. The van der Waals surface area contributed by atoms with E-state index in [4.69, 9.17) is 0 Å². The molecule has 2 aromatic rings. The summed E-state index contributed by atoms with van der Waals surface area (Å²) < 4.78 is 1.90. The molecular formula is C16H21ClN4O. The maximum absolute atomic E-state index is 12.4. The van der Waals surface area contributed by atoms with Gasteiger partial charge in [-0.2, -0.15) is 5.10 Å². The molecule has 0 spiro atoms. The summed E-state index contributed by atoms with van der Waals surface area (Å²) in [6.07, 6.45) is 0. The van der Waals surface area contributed by atoms with E-state index in [0.717, 1.165) is 48.8 Å². The summed E-state index contributed by atoms with van der Waals surface area (Å²) in [6, 6.07) is 9.72. The summed E-state index contributed by atoms with van der Waals surface area (Å²) in [5, 5.41) is 7.71. The lowest BCUT2D eigenvalue weighted by Crippen LogP contribution is -2.46. The van der Waals surface area contributed by atoms with Crippen LogP contribution in [0.5, 0.6) is 0 Å². The zero-order valence-corrected chi connectivity index (χ0v) is 13.7. The molecule has 0 aliphatic carbocycles. The average Bonchev–Trinajstić information content (AvgIpc) is 2.86. The van der Waals surface area contributed by atoms with Crippen molar-refractivity contribution in [3.63, 3.8) is 0 Å². The monoisotopic (exact) mass is 320 g/mol. The van der Waals surface area contributed by atoms with Crippen molar-refractivity contribution >= 4 is 18.3 Å². The Balaban J connectivity index is 0.00000176. The van der Waals surface area contributed by atoms with Gasteiger partial charge in [0.05, 0.1) is 11.4 Å². The first-order chi connectivity index (χ1) is 10.1. The smallest absolute Gasteiger partial charge is 0.253 e. The number of hydrogen-bond donors (Lipinski definition) is 1. The SMILES string of the molecule is Cc1cc(C)n(-c2ccc(C(=O)N3CCNCC3)cc2)n1.Cl. The van der Waals surface area contributed by atoms with E-state index in [1.54, 1.807) is 0 Å². The van der Waals surface area contributed by atoms with Gasteiger partial charge in [0, 0.05) is 37.4 Å². The molecule has 1 N–H and O–H groups in total. The van der Waals surface area contributed by atoms with Crippen molar-refractivity contribution in [3.8, 4) is 5.69 Å². The fourth-order valence-corrected chi connectivity index (χ4v) is 2.69. The van der Waals surface area contributed by atoms with Crippen molar-refractivity contribution in [1.29, 1.82) is 0 Å². The molecule has 1 amide bonds. The summed E-state index contributed by atoms with van der Waals surface area (Å²) in [4.78, 5) is 14.3. The summed E-state index contributed by atoms with van der Waals surface area (Å²) >= 11 is 0. The van der Waals surface area contributed by atoms with Gasteiger partial charge in [-0.05, 0) is 44.2 Å². The lowest BCUT2D eigenvalue weighted by atomic mass is 10.1. The first kappa shape index (κ1) is 16.5. The number of piperazine rings is 1. The molecule has 1 saturated heterocycles. The normalized spacial score (nSPS) is 14.5. The highest BCUT2D eigenvalue weighted by Gasteiger charge is 2.17. The molecule has 0 saturated carbocycles. The number of nitrogens with one attached hydrogen (secondary N) is 1. The molecule has 1 aromatic carbocycles. The number of halogens is 1. The molecule has 1 aliphatic rings. The van der Waals surface area contributed by atoms with Gasteiger partial charge in [0.2, 0.25) is 0 Å². The van der Waals surface area contributed by atoms with Crippen LogP contribution >= 0.6 is 12.4 Å². The zero-order valence-electron chi connectivity index (χ0n) is 12.9. The minimum atomic E-state index is 0. The molecule has 0 atom stereocenters. The van der Waals surface area contributed by atoms with E-state index in [2.05, 4.69) is 10.4 Å². The molecule has 5 nitrogen and oxygen atoms in total. The van der Waals surface area contributed by atoms with E-state index >= 15 is 0 Å². The molecule has 6 heteroatoms. The fraction of sp³-hybridized carbons (Fsp3) is 0.375. The fourth-order valence-electron chi connectivity index (χ4n) is 2.69. The number of amides is 1. The Kier molecular flexibility index (Phi) is 5.21. The van der Waals surface area contributed by atoms with Crippen molar-refractivity contribution in [2.24, 2.45) is 0 Å².